The van der Waals surface area contributed by atoms with E-state index in [9.17, 15) is 9.59 Å². The Morgan fingerprint density at radius 3 is 3.00 bits per heavy atom. The van der Waals surface area contributed by atoms with Crippen molar-refractivity contribution in [3.63, 3.8) is 0 Å². The molecular weight excluding hydrogens is 324 g/mol. The Morgan fingerprint density at radius 2 is 2.29 bits per heavy atom. The standard InChI is InChI=1S/C17H20N4O2S/c1-3-17(2,15-19-8-9-24-15)21-16(23)20-12-5-4-11-6-7-18-14(22)13(11)10-12/h4-5,8-10H,3,6-7H2,1-2H3,(H,18,22)(H2,20,21,23). The quantitative estimate of drug-likeness (QED) is 0.797. The number of aromatic nitrogens is 1. The number of thiazole rings is 1. The molecule has 3 rings (SSSR count). The molecule has 0 saturated carbocycles. The minimum atomic E-state index is -0.524. The molecule has 1 aliphatic rings. The fourth-order valence-corrected chi connectivity index (χ4v) is 3.52. The second kappa shape index (κ2) is 6.60. The molecule has 3 amide bonds. The monoisotopic (exact) mass is 344 g/mol. The van der Waals surface area contributed by atoms with Crippen LogP contribution in [0.25, 0.3) is 0 Å². The lowest BCUT2D eigenvalue weighted by atomic mass is 9.99. The molecule has 0 radical (unpaired) electrons. The molecule has 2 aromatic rings. The highest BCUT2D eigenvalue weighted by molar-refractivity contribution is 7.09. The van der Waals surface area contributed by atoms with Crippen LogP contribution in [0.3, 0.4) is 0 Å². The van der Waals surface area contributed by atoms with Gasteiger partial charge in [-0.1, -0.05) is 13.0 Å². The number of carbonyl (C=O) groups is 2. The lowest BCUT2D eigenvalue weighted by molar-refractivity contribution is 0.0946. The molecule has 0 fully saturated rings. The van der Waals surface area contributed by atoms with Gasteiger partial charge in [0.05, 0.1) is 5.54 Å². The van der Waals surface area contributed by atoms with Gasteiger partial charge in [0.2, 0.25) is 0 Å². The molecule has 24 heavy (non-hydrogen) atoms. The fourth-order valence-electron chi connectivity index (χ4n) is 2.69. The Bertz CT molecular complexity index is 760. The number of urea groups is 1. The van der Waals surface area contributed by atoms with Gasteiger partial charge >= 0.3 is 6.03 Å². The Kier molecular flexibility index (Phi) is 4.53. The number of benzene rings is 1. The van der Waals surface area contributed by atoms with E-state index in [1.54, 1.807) is 12.3 Å². The van der Waals surface area contributed by atoms with Gasteiger partial charge in [-0.3, -0.25) is 4.79 Å². The first kappa shape index (κ1) is 16.4. The molecule has 0 bridgehead atoms. The van der Waals surface area contributed by atoms with E-state index in [1.165, 1.54) is 11.3 Å². The largest absolute Gasteiger partial charge is 0.352 e. The predicted octanol–water partition coefficient (Wildman–Crippen LogP) is 2.88. The number of nitrogens with one attached hydrogen (secondary N) is 3. The molecule has 2 heterocycles. The van der Waals surface area contributed by atoms with E-state index in [4.69, 9.17) is 0 Å². The number of fused-ring (bicyclic) bond motifs is 1. The molecule has 0 saturated heterocycles. The van der Waals surface area contributed by atoms with Crippen LogP contribution in [0.15, 0.2) is 29.8 Å². The molecule has 1 aliphatic heterocycles. The number of hydrogen-bond donors (Lipinski definition) is 3. The lowest BCUT2D eigenvalue weighted by Crippen LogP contribution is -2.45. The highest BCUT2D eigenvalue weighted by Crippen LogP contribution is 2.26. The van der Waals surface area contributed by atoms with Crippen molar-refractivity contribution in [3.8, 4) is 0 Å². The third kappa shape index (κ3) is 3.26. The maximum absolute atomic E-state index is 12.4. The number of anilines is 1. The zero-order valence-electron chi connectivity index (χ0n) is 13.7. The van der Waals surface area contributed by atoms with Crippen LogP contribution >= 0.6 is 11.3 Å². The van der Waals surface area contributed by atoms with Crippen LogP contribution in [-0.4, -0.2) is 23.5 Å². The van der Waals surface area contributed by atoms with E-state index >= 15 is 0 Å². The molecule has 0 aliphatic carbocycles. The number of nitrogens with zero attached hydrogens (tertiary/aromatic N) is 1. The minimum absolute atomic E-state index is 0.0958. The molecular formula is C17H20N4O2S. The van der Waals surface area contributed by atoms with Crippen LogP contribution in [0, 0.1) is 0 Å². The molecule has 1 atom stereocenters. The van der Waals surface area contributed by atoms with Crippen molar-refractivity contribution in [2.24, 2.45) is 0 Å². The summed E-state index contributed by atoms with van der Waals surface area (Å²) in [5, 5.41) is 11.4. The summed E-state index contributed by atoms with van der Waals surface area (Å²) in [5.41, 5.74) is 1.70. The maximum atomic E-state index is 12.4. The number of rotatable bonds is 4. The smallest absolute Gasteiger partial charge is 0.320 e. The van der Waals surface area contributed by atoms with Crippen molar-refractivity contribution in [1.82, 2.24) is 15.6 Å². The van der Waals surface area contributed by atoms with Crippen molar-refractivity contribution in [2.45, 2.75) is 32.2 Å². The Balaban J connectivity index is 1.73. The minimum Gasteiger partial charge on any atom is -0.352 e. The topological polar surface area (TPSA) is 83.1 Å². The lowest BCUT2D eigenvalue weighted by Gasteiger charge is -2.27. The van der Waals surface area contributed by atoms with Crippen LogP contribution < -0.4 is 16.0 Å². The summed E-state index contributed by atoms with van der Waals surface area (Å²) < 4.78 is 0. The van der Waals surface area contributed by atoms with Gasteiger partial charge in [0, 0.05) is 29.4 Å². The summed E-state index contributed by atoms with van der Waals surface area (Å²) in [4.78, 5) is 28.6. The maximum Gasteiger partial charge on any atom is 0.320 e. The molecule has 7 heteroatoms. The summed E-state index contributed by atoms with van der Waals surface area (Å²) >= 11 is 1.52. The Hall–Kier alpha value is -2.41. The van der Waals surface area contributed by atoms with E-state index in [-0.39, 0.29) is 11.9 Å². The molecule has 1 unspecified atom stereocenters. The fraction of sp³-hybridized carbons (Fsp3) is 0.353. The summed E-state index contributed by atoms with van der Waals surface area (Å²) in [5.74, 6) is -0.0958. The zero-order valence-corrected chi connectivity index (χ0v) is 14.5. The van der Waals surface area contributed by atoms with Gasteiger partial charge in [-0.2, -0.15) is 0 Å². The predicted molar refractivity (Wildman–Crippen MR) is 94.4 cm³/mol. The summed E-state index contributed by atoms with van der Waals surface area (Å²) in [6, 6.07) is 5.12. The normalized spacial score (nSPS) is 15.8. The van der Waals surface area contributed by atoms with Crippen LogP contribution in [-0.2, 0) is 12.0 Å². The molecule has 6 nitrogen and oxygen atoms in total. The zero-order chi connectivity index (χ0) is 17.2. The number of hydrogen-bond acceptors (Lipinski definition) is 4. The van der Waals surface area contributed by atoms with Crippen molar-refractivity contribution in [3.05, 3.63) is 45.9 Å². The van der Waals surface area contributed by atoms with Crippen LogP contribution in [0.5, 0.6) is 0 Å². The van der Waals surface area contributed by atoms with Gasteiger partial charge in [-0.05, 0) is 37.5 Å². The SMILES string of the molecule is CCC(C)(NC(=O)Nc1ccc2c(c1)C(=O)NCC2)c1nccs1. The first-order chi connectivity index (χ1) is 11.5. The highest BCUT2D eigenvalue weighted by Gasteiger charge is 2.29. The van der Waals surface area contributed by atoms with Crippen molar-refractivity contribution < 1.29 is 9.59 Å². The summed E-state index contributed by atoms with van der Waals surface area (Å²) in [6.07, 6.45) is 3.27. The van der Waals surface area contributed by atoms with E-state index in [0.717, 1.165) is 23.4 Å². The van der Waals surface area contributed by atoms with Gasteiger partial charge < -0.3 is 16.0 Å². The van der Waals surface area contributed by atoms with Gasteiger partial charge in [0.15, 0.2) is 0 Å². The average molecular weight is 344 g/mol. The Labute approximate surface area is 144 Å². The van der Waals surface area contributed by atoms with Gasteiger partial charge in [0.25, 0.3) is 5.91 Å². The van der Waals surface area contributed by atoms with E-state index in [2.05, 4.69) is 20.9 Å². The van der Waals surface area contributed by atoms with Crippen LogP contribution in [0.4, 0.5) is 10.5 Å². The highest BCUT2D eigenvalue weighted by atomic mass is 32.1. The van der Waals surface area contributed by atoms with E-state index in [1.807, 2.05) is 31.4 Å². The van der Waals surface area contributed by atoms with E-state index in [0.29, 0.717) is 17.8 Å². The van der Waals surface area contributed by atoms with Crippen LogP contribution in [0.2, 0.25) is 0 Å². The molecule has 126 valence electrons. The first-order valence-electron chi connectivity index (χ1n) is 7.92. The molecule has 0 spiro atoms. The average Bonchev–Trinajstić information content (AvgIpc) is 3.10. The summed E-state index contributed by atoms with van der Waals surface area (Å²) in [6.45, 7) is 4.61. The third-order valence-electron chi connectivity index (χ3n) is 4.29. The van der Waals surface area contributed by atoms with Crippen molar-refractivity contribution >= 4 is 29.0 Å². The third-order valence-corrected chi connectivity index (χ3v) is 5.33. The second-order valence-electron chi connectivity index (χ2n) is 5.98. The summed E-state index contributed by atoms with van der Waals surface area (Å²) in [7, 11) is 0. The van der Waals surface area contributed by atoms with Crippen molar-refractivity contribution in [1.29, 1.82) is 0 Å². The van der Waals surface area contributed by atoms with Gasteiger partial charge in [0.1, 0.15) is 5.01 Å². The number of carbonyl (C=O) groups excluding carboxylic acids is 2. The second-order valence-corrected chi connectivity index (χ2v) is 6.87. The van der Waals surface area contributed by atoms with Crippen molar-refractivity contribution in [2.75, 3.05) is 11.9 Å². The van der Waals surface area contributed by atoms with Crippen LogP contribution in [0.1, 0.15) is 41.2 Å². The molecule has 3 N–H and O–H groups in total. The van der Waals surface area contributed by atoms with Gasteiger partial charge in [-0.15, -0.1) is 11.3 Å². The van der Waals surface area contributed by atoms with Gasteiger partial charge in [-0.25, -0.2) is 9.78 Å². The number of amides is 3. The van der Waals surface area contributed by atoms with E-state index < -0.39 is 5.54 Å². The molecule has 1 aromatic carbocycles. The first-order valence-corrected chi connectivity index (χ1v) is 8.80. The molecule has 1 aromatic heterocycles. The Morgan fingerprint density at radius 1 is 1.46 bits per heavy atom.